The molecule has 1 heterocycles. The van der Waals surface area contributed by atoms with Crippen LogP contribution in [-0.4, -0.2) is 35.3 Å². The molecule has 114 valence electrons. The summed E-state index contributed by atoms with van der Waals surface area (Å²) in [5.74, 6) is 0.268. The Morgan fingerprint density at radius 2 is 1.85 bits per heavy atom. The van der Waals surface area contributed by atoms with Gasteiger partial charge >= 0.3 is 0 Å². The molecule has 0 aromatic carbocycles. The highest BCUT2D eigenvalue weighted by Gasteiger charge is 2.39. The molecule has 0 bridgehead atoms. The molecule has 2 amide bonds. The zero-order valence-corrected chi connectivity index (χ0v) is 12.3. The smallest absolute Gasteiger partial charge is 0.242 e. The summed E-state index contributed by atoms with van der Waals surface area (Å²) in [6, 6.07) is 0. The molecule has 0 aromatic heterocycles. The molecule has 1 aliphatic heterocycles. The third-order valence-corrected chi connectivity index (χ3v) is 4.78. The highest BCUT2D eigenvalue weighted by molar-refractivity contribution is 5.86. The molecule has 1 saturated heterocycles. The van der Waals surface area contributed by atoms with Crippen LogP contribution >= 0.6 is 0 Å². The van der Waals surface area contributed by atoms with Crippen molar-refractivity contribution in [2.45, 2.75) is 63.3 Å². The van der Waals surface area contributed by atoms with Crippen LogP contribution in [0.25, 0.3) is 0 Å². The lowest BCUT2D eigenvalue weighted by molar-refractivity contribution is -0.140. The minimum absolute atomic E-state index is 0.126. The number of carbonyl (C=O) groups is 2. The van der Waals surface area contributed by atoms with Gasteiger partial charge in [0.15, 0.2) is 0 Å². The van der Waals surface area contributed by atoms with E-state index in [2.05, 4.69) is 0 Å². The Kier molecular flexibility index (Phi) is 5.02. The van der Waals surface area contributed by atoms with Crippen LogP contribution in [-0.2, 0) is 9.59 Å². The minimum atomic E-state index is -0.635. The molecule has 0 aromatic rings. The van der Waals surface area contributed by atoms with Crippen LogP contribution in [0.1, 0.15) is 57.8 Å². The van der Waals surface area contributed by atoms with E-state index < -0.39 is 5.54 Å². The van der Waals surface area contributed by atoms with Gasteiger partial charge in [-0.15, -0.1) is 0 Å². The average Bonchev–Trinajstić information content (AvgIpc) is 2.45. The molecule has 0 spiro atoms. The maximum absolute atomic E-state index is 12.7. The van der Waals surface area contributed by atoms with Crippen LogP contribution in [0.3, 0.4) is 0 Å². The van der Waals surface area contributed by atoms with E-state index in [0.717, 1.165) is 58.0 Å². The summed E-state index contributed by atoms with van der Waals surface area (Å²) >= 11 is 0. The molecule has 1 unspecified atom stereocenters. The predicted octanol–water partition coefficient (Wildman–Crippen LogP) is 1.15. The number of primary amides is 1. The zero-order valence-electron chi connectivity index (χ0n) is 12.3. The van der Waals surface area contributed by atoms with Gasteiger partial charge in [-0.25, -0.2) is 0 Å². The van der Waals surface area contributed by atoms with E-state index in [1.54, 1.807) is 0 Å². The zero-order chi connectivity index (χ0) is 14.6. The maximum Gasteiger partial charge on any atom is 0.242 e. The van der Waals surface area contributed by atoms with Crippen molar-refractivity contribution in [2.75, 3.05) is 13.1 Å². The van der Waals surface area contributed by atoms with Gasteiger partial charge in [0, 0.05) is 19.5 Å². The van der Waals surface area contributed by atoms with E-state index in [1.807, 2.05) is 4.90 Å². The van der Waals surface area contributed by atoms with Gasteiger partial charge in [-0.2, -0.15) is 0 Å². The fourth-order valence-electron chi connectivity index (χ4n) is 3.54. The summed E-state index contributed by atoms with van der Waals surface area (Å²) in [4.78, 5) is 25.5. The number of nitrogens with zero attached hydrogens (tertiary/aromatic N) is 1. The van der Waals surface area contributed by atoms with E-state index in [0.29, 0.717) is 12.3 Å². The van der Waals surface area contributed by atoms with Gasteiger partial charge < -0.3 is 16.4 Å². The normalized spacial score (nSPS) is 26.2. The van der Waals surface area contributed by atoms with E-state index in [4.69, 9.17) is 11.5 Å². The molecule has 1 saturated carbocycles. The number of nitrogens with two attached hydrogens (primary N) is 2. The summed E-state index contributed by atoms with van der Waals surface area (Å²) in [5, 5.41) is 0. The van der Waals surface area contributed by atoms with Gasteiger partial charge in [0.1, 0.15) is 0 Å². The first-order valence-electron chi connectivity index (χ1n) is 7.88. The Hall–Kier alpha value is -1.10. The van der Waals surface area contributed by atoms with E-state index >= 15 is 0 Å². The highest BCUT2D eigenvalue weighted by Crippen LogP contribution is 2.30. The van der Waals surface area contributed by atoms with E-state index in [9.17, 15) is 9.59 Å². The van der Waals surface area contributed by atoms with Gasteiger partial charge in [-0.1, -0.05) is 19.3 Å². The number of likely N-dealkylation sites (tertiary alicyclic amines) is 1. The van der Waals surface area contributed by atoms with Crippen molar-refractivity contribution in [3.63, 3.8) is 0 Å². The minimum Gasteiger partial charge on any atom is -0.370 e. The van der Waals surface area contributed by atoms with Gasteiger partial charge in [-0.05, 0) is 38.0 Å². The second kappa shape index (κ2) is 6.57. The molecular weight excluding hydrogens is 254 g/mol. The number of carbonyl (C=O) groups excluding carboxylic acids is 2. The van der Waals surface area contributed by atoms with E-state index in [1.165, 1.54) is 6.42 Å². The third kappa shape index (κ3) is 3.72. The average molecular weight is 281 g/mol. The van der Waals surface area contributed by atoms with Crippen molar-refractivity contribution in [1.82, 2.24) is 4.90 Å². The van der Waals surface area contributed by atoms with Crippen LogP contribution < -0.4 is 11.5 Å². The van der Waals surface area contributed by atoms with Gasteiger partial charge in [-0.3, -0.25) is 9.59 Å². The monoisotopic (exact) mass is 281 g/mol. The second-order valence-corrected chi connectivity index (χ2v) is 6.48. The quantitative estimate of drug-likeness (QED) is 0.810. The maximum atomic E-state index is 12.7. The number of amides is 2. The molecule has 2 fully saturated rings. The molecule has 0 radical (unpaired) electrons. The molecule has 1 atom stereocenters. The Bertz CT molecular complexity index is 364. The summed E-state index contributed by atoms with van der Waals surface area (Å²) in [7, 11) is 0. The van der Waals surface area contributed by atoms with Crippen LogP contribution in [0, 0.1) is 5.92 Å². The fourth-order valence-corrected chi connectivity index (χ4v) is 3.54. The molecule has 5 heteroatoms. The Balaban J connectivity index is 1.90. The van der Waals surface area contributed by atoms with Crippen molar-refractivity contribution in [3.8, 4) is 0 Å². The van der Waals surface area contributed by atoms with Crippen molar-refractivity contribution in [3.05, 3.63) is 0 Å². The van der Waals surface area contributed by atoms with Crippen LogP contribution in [0.5, 0.6) is 0 Å². The molecule has 5 nitrogen and oxygen atoms in total. The van der Waals surface area contributed by atoms with Crippen molar-refractivity contribution >= 4 is 11.8 Å². The standard InChI is InChI=1S/C15H27N3O2/c16-13(19)7-6-12-5-4-10-18(11-12)14(20)15(17)8-2-1-3-9-15/h12H,1-11,17H2,(H2,16,19). The first-order chi connectivity index (χ1) is 9.51. The molecular formula is C15H27N3O2. The lowest BCUT2D eigenvalue weighted by atomic mass is 9.80. The van der Waals surface area contributed by atoms with Gasteiger partial charge in [0.2, 0.25) is 11.8 Å². The summed E-state index contributed by atoms with van der Waals surface area (Å²) in [6.45, 7) is 1.55. The molecule has 4 N–H and O–H groups in total. The number of hydrogen-bond acceptors (Lipinski definition) is 3. The molecule has 20 heavy (non-hydrogen) atoms. The topological polar surface area (TPSA) is 89.4 Å². The largest absolute Gasteiger partial charge is 0.370 e. The highest BCUT2D eigenvalue weighted by atomic mass is 16.2. The summed E-state index contributed by atoms with van der Waals surface area (Å²) in [5.41, 5.74) is 10.9. The van der Waals surface area contributed by atoms with E-state index in [-0.39, 0.29) is 11.8 Å². The second-order valence-electron chi connectivity index (χ2n) is 6.48. The Morgan fingerprint density at radius 1 is 1.15 bits per heavy atom. The third-order valence-electron chi connectivity index (χ3n) is 4.78. The summed E-state index contributed by atoms with van der Waals surface area (Å²) < 4.78 is 0. The number of piperidine rings is 1. The SMILES string of the molecule is NC(=O)CCC1CCCN(C(=O)C2(N)CCCCC2)C1. The Labute approximate surface area is 121 Å². The van der Waals surface area contributed by atoms with Crippen LogP contribution in [0.15, 0.2) is 0 Å². The van der Waals surface area contributed by atoms with Crippen molar-refractivity contribution < 1.29 is 9.59 Å². The predicted molar refractivity (Wildman–Crippen MR) is 77.7 cm³/mol. The summed E-state index contributed by atoms with van der Waals surface area (Å²) in [6.07, 6.45) is 8.22. The molecule has 1 aliphatic carbocycles. The van der Waals surface area contributed by atoms with Crippen molar-refractivity contribution in [1.29, 1.82) is 0 Å². The fraction of sp³-hybridized carbons (Fsp3) is 0.867. The van der Waals surface area contributed by atoms with Gasteiger partial charge in [0.25, 0.3) is 0 Å². The molecule has 2 rings (SSSR count). The lowest BCUT2D eigenvalue weighted by Gasteiger charge is -2.40. The molecule has 2 aliphatic rings. The first kappa shape index (κ1) is 15.3. The Morgan fingerprint density at radius 3 is 2.50 bits per heavy atom. The lowest BCUT2D eigenvalue weighted by Crippen LogP contribution is -2.58. The number of hydrogen-bond donors (Lipinski definition) is 2. The van der Waals surface area contributed by atoms with Crippen LogP contribution in [0.4, 0.5) is 0 Å². The van der Waals surface area contributed by atoms with Crippen LogP contribution in [0.2, 0.25) is 0 Å². The first-order valence-corrected chi connectivity index (χ1v) is 7.88. The number of rotatable bonds is 4. The van der Waals surface area contributed by atoms with Crippen molar-refractivity contribution in [2.24, 2.45) is 17.4 Å². The van der Waals surface area contributed by atoms with Gasteiger partial charge in [0.05, 0.1) is 5.54 Å².